The van der Waals surface area contributed by atoms with Gasteiger partial charge in [0, 0.05) is 35.5 Å². The van der Waals surface area contributed by atoms with Crippen LogP contribution >= 0.6 is 23.2 Å². The van der Waals surface area contributed by atoms with E-state index in [2.05, 4.69) is 47.3 Å². The van der Waals surface area contributed by atoms with Crippen LogP contribution in [0, 0.1) is 12.3 Å². The Morgan fingerprint density at radius 1 is 1.08 bits per heavy atom. The van der Waals surface area contributed by atoms with E-state index in [-0.39, 0.29) is 6.10 Å². The molecule has 37 heavy (non-hydrogen) atoms. The van der Waals surface area contributed by atoms with E-state index in [9.17, 15) is 0 Å². The summed E-state index contributed by atoms with van der Waals surface area (Å²) in [6.45, 7) is 4.68. The minimum atomic E-state index is 0.240. The van der Waals surface area contributed by atoms with E-state index in [1.165, 1.54) is 17.4 Å². The topological polar surface area (TPSA) is 51.4 Å². The molecule has 2 aromatic heterocycles. The molecule has 0 radical (unpaired) electrons. The summed E-state index contributed by atoms with van der Waals surface area (Å²) < 4.78 is 12.3. The monoisotopic (exact) mass is 533 g/mol. The Labute approximate surface area is 226 Å². The Morgan fingerprint density at radius 2 is 1.89 bits per heavy atom. The third-order valence-electron chi connectivity index (χ3n) is 8.34. The molecular weight excluding hydrogens is 505 g/mol. The molecule has 2 aromatic carbocycles. The van der Waals surface area contributed by atoms with Crippen LogP contribution in [0.4, 0.5) is 5.82 Å². The van der Waals surface area contributed by atoms with Gasteiger partial charge in [0.05, 0.1) is 28.3 Å². The number of pyridine rings is 1. The first-order valence-electron chi connectivity index (χ1n) is 13.1. The maximum Gasteiger partial charge on any atom is 0.145 e. The lowest BCUT2D eigenvalue weighted by atomic mass is 9.66. The second-order valence-electron chi connectivity index (χ2n) is 11.1. The Balaban J connectivity index is 1.03. The van der Waals surface area contributed by atoms with Crippen molar-refractivity contribution in [2.45, 2.75) is 57.7 Å². The SMILES string of the molecule is Cc1ccc2nc(N3CCC4(CC(OCc5c(-c6c(Cl)cccc6Cl)noc5C5CC5)C4)C3)ccc2c1. The van der Waals surface area contributed by atoms with Crippen LogP contribution in [0.2, 0.25) is 10.0 Å². The normalized spacial score (nSPS) is 23.2. The van der Waals surface area contributed by atoms with Crippen molar-refractivity contribution in [1.29, 1.82) is 0 Å². The van der Waals surface area contributed by atoms with Crippen molar-refractivity contribution in [3.05, 3.63) is 75.5 Å². The largest absolute Gasteiger partial charge is 0.373 e. The Kier molecular flexibility index (Phi) is 5.72. The number of fused-ring (bicyclic) bond motifs is 1. The van der Waals surface area contributed by atoms with Gasteiger partial charge >= 0.3 is 0 Å². The summed E-state index contributed by atoms with van der Waals surface area (Å²) in [5, 5.41) is 6.75. The van der Waals surface area contributed by atoms with E-state index in [0.717, 1.165) is 72.7 Å². The number of hydrogen-bond acceptors (Lipinski definition) is 5. The number of nitrogens with zero attached hydrogens (tertiary/aromatic N) is 3. The molecule has 3 aliphatic rings. The summed E-state index contributed by atoms with van der Waals surface area (Å²) in [5.41, 5.74) is 5.10. The fourth-order valence-electron chi connectivity index (χ4n) is 6.15. The first-order chi connectivity index (χ1) is 18.0. The van der Waals surface area contributed by atoms with Gasteiger partial charge in [-0.25, -0.2) is 4.98 Å². The molecule has 2 saturated carbocycles. The zero-order valence-corrected chi connectivity index (χ0v) is 22.4. The highest BCUT2D eigenvalue weighted by Crippen LogP contribution is 2.51. The molecule has 0 amide bonds. The molecule has 5 nitrogen and oxygen atoms in total. The first kappa shape index (κ1) is 23.5. The summed E-state index contributed by atoms with van der Waals surface area (Å²) in [6, 6.07) is 16.3. The molecule has 0 atom stereocenters. The number of aryl methyl sites for hydroxylation is 1. The summed E-state index contributed by atoms with van der Waals surface area (Å²) in [4.78, 5) is 7.39. The van der Waals surface area contributed by atoms with Crippen molar-refractivity contribution in [3.63, 3.8) is 0 Å². The van der Waals surface area contributed by atoms with Crippen LogP contribution in [0.1, 0.15) is 54.9 Å². The van der Waals surface area contributed by atoms with Crippen molar-refractivity contribution < 1.29 is 9.26 Å². The lowest BCUT2D eigenvalue weighted by molar-refractivity contribution is -0.0796. The number of ether oxygens (including phenoxy) is 1. The van der Waals surface area contributed by atoms with Crippen molar-refractivity contribution in [2.75, 3.05) is 18.0 Å². The van der Waals surface area contributed by atoms with Crippen LogP contribution in [0.25, 0.3) is 22.2 Å². The smallest absolute Gasteiger partial charge is 0.145 e. The molecule has 7 heteroatoms. The van der Waals surface area contributed by atoms with Gasteiger partial charge in [0.25, 0.3) is 0 Å². The second-order valence-corrected chi connectivity index (χ2v) is 11.9. The van der Waals surface area contributed by atoms with Gasteiger partial charge in [-0.1, -0.05) is 46.1 Å². The molecule has 4 aromatic rings. The molecule has 0 N–H and O–H groups in total. The van der Waals surface area contributed by atoms with Crippen LogP contribution in [-0.4, -0.2) is 29.3 Å². The van der Waals surface area contributed by atoms with Gasteiger partial charge in [-0.05, 0) is 80.8 Å². The minimum absolute atomic E-state index is 0.240. The molecule has 0 unspecified atom stereocenters. The van der Waals surface area contributed by atoms with E-state index in [4.69, 9.17) is 37.4 Å². The quantitative estimate of drug-likeness (QED) is 0.251. The molecule has 1 spiro atoms. The average molecular weight is 534 g/mol. The molecule has 3 fully saturated rings. The third kappa shape index (κ3) is 4.31. The van der Waals surface area contributed by atoms with E-state index in [0.29, 0.717) is 28.0 Å². The molecular formula is C30H29Cl2N3O2. The van der Waals surface area contributed by atoms with Crippen molar-refractivity contribution in [3.8, 4) is 11.3 Å². The van der Waals surface area contributed by atoms with Gasteiger partial charge in [0.15, 0.2) is 0 Å². The lowest BCUT2D eigenvalue weighted by Gasteiger charge is -2.44. The van der Waals surface area contributed by atoms with Gasteiger partial charge in [-0.3, -0.25) is 0 Å². The highest BCUT2D eigenvalue weighted by molar-refractivity contribution is 6.39. The highest BCUT2D eigenvalue weighted by Gasteiger charge is 2.49. The molecule has 1 saturated heterocycles. The van der Waals surface area contributed by atoms with Crippen LogP contribution < -0.4 is 4.90 Å². The van der Waals surface area contributed by atoms with Gasteiger partial charge in [-0.15, -0.1) is 0 Å². The van der Waals surface area contributed by atoms with Crippen LogP contribution in [-0.2, 0) is 11.3 Å². The van der Waals surface area contributed by atoms with Gasteiger partial charge in [0.2, 0.25) is 0 Å². The van der Waals surface area contributed by atoms with Crippen LogP contribution in [0.3, 0.4) is 0 Å². The molecule has 190 valence electrons. The fraction of sp³-hybridized carbons (Fsp3) is 0.400. The number of aromatic nitrogens is 2. The zero-order chi connectivity index (χ0) is 25.1. The zero-order valence-electron chi connectivity index (χ0n) is 20.8. The van der Waals surface area contributed by atoms with E-state index < -0.39 is 0 Å². The van der Waals surface area contributed by atoms with Crippen LogP contribution in [0.5, 0.6) is 0 Å². The molecule has 1 aliphatic heterocycles. The van der Waals surface area contributed by atoms with E-state index in [1.807, 2.05) is 18.2 Å². The number of benzene rings is 2. The van der Waals surface area contributed by atoms with E-state index >= 15 is 0 Å². The molecule has 2 aliphatic carbocycles. The standard InChI is InChI=1S/C30H29Cl2N3O2/c1-18-5-9-25-20(13-18)8-10-26(33-25)35-12-11-30(17-35)14-21(15-30)36-16-22-28(34-37-29(22)19-6-7-19)27-23(31)3-2-4-24(27)32/h2-5,8-10,13,19,21H,6-7,11-12,14-17H2,1H3. The number of anilines is 1. The second kappa shape index (κ2) is 9.00. The average Bonchev–Trinajstić information content (AvgIpc) is 3.47. The summed E-state index contributed by atoms with van der Waals surface area (Å²) >= 11 is 13.0. The minimum Gasteiger partial charge on any atom is -0.373 e. The fourth-order valence-corrected chi connectivity index (χ4v) is 6.72. The summed E-state index contributed by atoms with van der Waals surface area (Å²) in [6.07, 6.45) is 5.82. The van der Waals surface area contributed by atoms with Crippen molar-refractivity contribution in [2.24, 2.45) is 5.41 Å². The number of hydrogen-bond donors (Lipinski definition) is 0. The number of halogens is 2. The van der Waals surface area contributed by atoms with Gasteiger partial charge in [0.1, 0.15) is 17.3 Å². The highest BCUT2D eigenvalue weighted by atomic mass is 35.5. The predicted molar refractivity (Wildman–Crippen MR) is 147 cm³/mol. The lowest BCUT2D eigenvalue weighted by Crippen LogP contribution is -2.44. The Hall–Kier alpha value is -2.60. The van der Waals surface area contributed by atoms with Crippen LogP contribution in [0.15, 0.2) is 53.1 Å². The summed E-state index contributed by atoms with van der Waals surface area (Å²) in [7, 11) is 0. The maximum absolute atomic E-state index is 6.51. The van der Waals surface area contributed by atoms with Crippen molar-refractivity contribution in [1.82, 2.24) is 10.1 Å². The van der Waals surface area contributed by atoms with Crippen molar-refractivity contribution >= 4 is 39.9 Å². The summed E-state index contributed by atoms with van der Waals surface area (Å²) in [5.74, 6) is 2.44. The Morgan fingerprint density at radius 3 is 2.68 bits per heavy atom. The van der Waals surface area contributed by atoms with E-state index in [1.54, 1.807) is 0 Å². The molecule has 0 bridgehead atoms. The first-order valence-corrected chi connectivity index (χ1v) is 13.9. The molecule has 7 rings (SSSR count). The van der Waals surface area contributed by atoms with Gasteiger partial charge in [-0.2, -0.15) is 0 Å². The third-order valence-corrected chi connectivity index (χ3v) is 8.97. The maximum atomic E-state index is 6.51. The predicted octanol–water partition coefficient (Wildman–Crippen LogP) is 7.96. The number of rotatable bonds is 6. The Bertz CT molecular complexity index is 1470. The van der Waals surface area contributed by atoms with Gasteiger partial charge < -0.3 is 14.2 Å². The molecule has 3 heterocycles.